The summed E-state index contributed by atoms with van der Waals surface area (Å²) in [6, 6.07) is 33.0. The second kappa shape index (κ2) is 14.5. The van der Waals surface area contributed by atoms with Crippen molar-refractivity contribution in [3.8, 4) is 0 Å². The van der Waals surface area contributed by atoms with Crippen LogP contribution in [0.3, 0.4) is 0 Å². The van der Waals surface area contributed by atoms with Gasteiger partial charge in [0.2, 0.25) is 0 Å². The molecule has 1 amide bonds. The SMILES string of the molecule is CC(=O)O[C@@H](C)C(=O)Nc1cccc(C2O[C@H](CSc3ccccc3N)[C@@H](c3ccccc3)[C@H](c3ccc(CO)cc3)O2)c1. The predicted molar refractivity (Wildman–Crippen MR) is 171 cm³/mol. The fourth-order valence-corrected chi connectivity index (χ4v) is 6.28. The van der Waals surface area contributed by atoms with Gasteiger partial charge in [-0.05, 0) is 47.9 Å². The Morgan fingerprint density at radius 2 is 1.61 bits per heavy atom. The average Bonchev–Trinajstić information content (AvgIpc) is 3.04. The van der Waals surface area contributed by atoms with Crippen LogP contribution in [0.4, 0.5) is 11.4 Å². The highest BCUT2D eigenvalue weighted by atomic mass is 32.2. The van der Waals surface area contributed by atoms with Gasteiger partial charge in [-0.15, -0.1) is 11.8 Å². The minimum absolute atomic E-state index is 0.0496. The molecule has 0 aromatic heterocycles. The second-order valence-corrected chi connectivity index (χ2v) is 11.7. The molecule has 1 aliphatic rings. The number of aliphatic hydroxyl groups is 1. The molecule has 9 heteroatoms. The lowest BCUT2D eigenvalue weighted by Crippen LogP contribution is -2.38. The molecule has 4 aromatic carbocycles. The molecule has 0 saturated carbocycles. The van der Waals surface area contributed by atoms with E-state index in [0.717, 1.165) is 27.1 Å². The van der Waals surface area contributed by atoms with Gasteiger partial charge in [0, 0.05) is 40.4 Å². The van der Waals surface area contributed by atoms with Gasteiger partial charge in [0.25, 0.3) is 5.91 Å². The van der Waals surface area contributed by atoms with Crippen LogP contribution in [0.15, 0.2) is 108 Å². The third-order valence-electron chi connectivity index (χ3n) is 7.43. The second-order valence-electron chi connectivity index (χ2n) is 10.6. The van der Waals surface area contributed by atoms with Crippen LogP contribution in [0.1, 0.15) is 54.4 Å². The first-order valence-electron chi connectivity index (χ1n) is 14.4. The Balaban J connectivity index is 1.49. The molecule has 0 radical (unpaired) electrons. The molecule has 8 nitrogen and oxygen atoms in total. The molecule has 1 heterocycles. The number of ether oxygens (including phenoxy) is 3. The molecule has 4 aromatic rings. The molecule has 1 unspecified atom stereocenters. The van der Waals surface area contributed by atoms with E-state index in [1.807, 2.05) is 78.9 Å². The van der Waals surface area contributed by atoms with Crippen LogP contribution in [-0.4, -0.2) is 34.9 Å². The van der Waals surface area contributed by atoms with Crippen LogP contribution in [-0.2, 0) is 30.4 Å². The predicted octanol–water partition coefficient (Wildman–Crippen LogP) is 6.38. The lowest BCUT2D eigenvalue weighted by Gasteiger charge is -2.43. The van der Waals surface area contributed by atoms with E-state index >= 15 is 0 Å². The first kappa shape index (κ1) is 31.3. The Morgan fingerprint density at radius 1 is 0.909 bits per heavy atom. The topological polar surface area (TPSA) is 120 Å². The number of esters is 1. The van der Waals surface area contributed by atoms with E-state index in [1.54, 1.807) is 23.9 Å². The molecular weight excluding hydrogens is 576 g/mol. The van der Waals surface area contributed by atoms with Crippen molar-refractivity contribution >= 4 is 35.0 Å². The number of para-hydroxylation sites is 1. The van der Waals surface area contributed by atoms with Gasteiger partial charge in [0.15, 0.2) is 12.4 Å². The van der Waals surface area contributed by atoms with Crippen molar-refractivity contribution in [2.24, 2.45) is 0 Å². The Labute approximate surface area is 261 Å². The lowest BCUT2D eigenvalue weighted by molar-refractivity contribution is -0.255. The van der Waals surface area contributed by atoms with Gasteiger partial charge >= 0.3 is 5.97 Å². The Hall–Kier alpha value is -4.15. The molecule has 5 rings (SSSR count). The maximum absolute atomic E-state index is 12.6. The molecule has 0 spiro atoms. The number of hydrogen-bond donors (Lipinski definition) is 3. The summed E-state index contributed by atoms with van der Waals surface area (Å²) < 4.78 is 18.5. The van der Waals surface area contributed by atoms with Crippen LogP contribution < -0.4 is 11.1 Å². The van der Waals surface area contributed by atoms with Gasteiger partial charge in [-0.1, -0.05) is 78.9 Å². The van der Waals surface area contributed by atoms with Crippen molar-refractivity contribution in [1.82, 2.24) is 0 Å². The van der Waals surface area contributed by atoms with E-state index in [-0.39, 0.29) is 24.7 Å². The van der Waals surface area contributed by atoms with Crippen LogP contribution >= 0.6 is 11.8 Å². The number of thioether (sulfide) groups is 1. The minimum atomic E-state index is -0.942. The van der Waals surface area contributed by atoms with Gasteiger partial charge in [-0.3, -0.25) is 9.59 Å². The Bertz CT molecular complexity index is 1570. The van der Waals surface area contributed by atoms with Gasteiger partial charge in [0.05, 0.1) is 18.8 Å². The van der Waals surface area contributed by atoms with Crippen molar-refractivity contribution in [2.45, 2.75) is 55.9 Å². The number of nitrogens with two attached hydrogens (primary N) is 1. The number of amides is 1. The van der Waals surface area contributed by atoms with Crippen LogP contribution in [0, 0.1) is 0 Å². The van der Waals surface area contributed by atoms with Crippen molar-refractivity contribution in [1.29, 1.82) is 0 Å². The quantitative estimate of drug-likeness (QED) is 0.107. The summed E-state index contributed by atoms with van der Waals surface area (Å²) in [6.07, 6.45) is -2.36. The fourth-order valence-electron chi connectivity index (χ4n) is 5.24. The summed E-state index contributed by atoms with van der Waals surface area (Å²) in [5.41, 5.74) is 11.1. The molecule has 1 saturated heterocycles. The Morgan fingerprint density at radius 3 is 2.32 bits per heavy atom. The standard InChI is InChI=1S/C35H36N2O6S/c1-22(41-23(2)39)34(40)37-28-12-8-11-27(19-28)35-42-30(21-44-31-14-7-6-13-29(31)36)32(25-9-4-3-5-10-25)33(43-35)26-17-15-24(20-38)16-18-26/h3-19,22,30,32-33,35,38H,20-21,36H2,1-2H3,(H,37,40)/t22-,30+,32+,33-,35?/m0/s1. The van der Waals surface area contributed by atoms with E-state index in [4.69, 9.17) is 19.9 Å². The number of benzene rings is 4. The maximum Gasteiger partial charge on any atom is 0.303 e. The van der Waals surface area contributed by atoms with E-state index in [2.05, 4.69) is 17.4 Å². The monoisotopic (exact) mass is 612 g/mol. The number of anilines is 2. The Kier molecular flexibility index (Phi) is 10.3. The summed E-state index contributed by atoms with van der Waals surface area (Å²) in [4.78, 5) is 24.9. The average molecular weight is 613 g/mol. The number of rotatable bonds is 10. The third kappa shape index (κ3) is 7.67. The highest BCUT2D eigenvalue weighted by Crippen LogP contribution is 2.48. The largest absolute Gasteiger partial charge is 0.453 e. The normalized spacial score (nSPS) is 20.4. The van der Waals surface area contributed by atoms with E-state index in [1.165, 1.54) is 13.8 Å². The molecule has 228 valence electrons. The fraction of sp³-hybridized carbons (Fsp3) is 0.257. The number of hydrogen-bond acceptors (Lipinski definition) is 8. The number of aliphatic hydroxyl groups excluding tert-OH is 1. The van der Waals surface area contributed by atoms with Crippen molar-refractivity contribution in [3.63, 3.8) is 0 Å². The molecule has 0 aliphatic carbocycles. The zero-order chi connectivity index (χ0) is 31.1. The molecule has 1 fully saturated rings. The highest BCUT2D eigenvalue weighted by molar-refractivity contribution is 7.99. The van der Waals surface area contributed by atoms with Gasteiger partial charge in [0.1, 0.15) is 0 Å². The van der Waals surface area contributed by atoms with Crippen LogP contribution in [0.2, 0.25) is 0 Å². The first-order chi connectivity index (χ1) is 21.3. The number of carbonyl (C=O) groups is 2. The van der Waals surface area contributed by atoms with Crippen molar-refractivity contribution in [3.05, 3.63) is 125 Å². The van der Waals surface area contributed by atoms with Crippen LogP contribution in [0.5, 0.6) is 0 Å². The van der Waals surface area contributed by atoms with Gasteiger partial charge in [-0.25, -0.2) is 0 Å². The minimum Gasteiger partial charge on any atom is -0.453 e. The maximum atomic E-state index is 12.6. The summed E-state index contributed by atoms with van der Waals surface area (Å²) in [5, 5.41) is 12.5. The lowest BCUT2D eigenvalue weighted by atomic mass is 9.84. The summed E-state index contributed by atoms with van der Waals surface area (Å²) in [5.74, 6) is -0.520. The molecule has 44 heavy (non-hydrogen) atoms. The number of nitrogen functional groups attached to an aromatic ring is 1. The van der Waals surface area contributed by atoms with E-state index in [0.29, 0.717) is 17.1 Å². The van der Waals surface area contributed by atoms with Gasteiger partial charge < -0.3 is 30.4 Å². The highest BCUT2D eigenvalue weighted by Gasteiger charge is 2.42. The number of nitrogens with one attached hydrogen (secondary N) is 1. The van der Waals surface area contributed by atoms with Crippen molar-refractivity contribution in [2.75, 3.05) is 16.8 Å². The zero-order valence-corrected chi connectivity index (χ0v) is 25.4. The van der Waals surface area contributed by atoms with E-state index < -0.39 is 24.3 Å². The zero-order valence-electron chi connectivity index (χ0n) is 24.6. The summed E-state index contributed by atoms with van der Waals surface area (Å²) in [7, 11) is 0. The van der Waals surface area contributed by atoms with Gasteiger partial charge in [-0.2, -0.15) is 0 Å². The molecule has 1 aliphatic heterocycles. The molecular formula is C35H36N2O6S. The molecule has 5 atom stereocenters. The third-order valence-corrected chi connectivity index (χ3v) is 8.61. The summed E-state index contributed by atoms with van der Waals surface area (Å²) in [6.45, 7) is 2.73. The van der Waals surface area contributed by atoms with Crippen LogP contribution in [0.25, 0.3) is 0 Å². The molecule has 4 N–H and O–H groups in total. The first-order valence-corrected chi connectivity index (χ1v) is 15.4. The number of carbonyl (C=O) groups excluding carboxylic acids is 2. The smallest absolute Gasteiger partial charge is 0.303 e. The molecule has 0 bridgehead atoms. The van der Waals surface area contributed by atoms with E-state index in [9.17, 15) is 14.7 Å². The summed E-state index contributed by atoms with van der Waals surface area (Å²) >= 11 is 1.64. The van der Waals surface area contributed by atoms with Crippen molar-refractivity contribution < 1.29 is 28.9 Å².